The first-order valence-corrected chi connectivity index (χ1v) is 11.0. The molecule has 0 saturated heterocycles. The van der Waals surface area contributed by atoms with Crippen molar-refractivity contribution in [2.45, 2.75) is 17.4 Å². The number of nitrogens with one attached hydrogen (secondary N) is 2. The number of rotatable bonds is 8. The number of carbonyl (C=O) groups is 1. The minimum atomic E-state index is -3.64. The highest BCUT2D eigenvalue weighted by molar-refractivity contribution is 7.89. The lowest BCUT2D eigenvalue weighted by atomic mass is 9.84. The number of hydrogen-bond acceptors (Lipinski definition) is 3. The first-order chi connectivity index (χ1) is 14.4. The second kappa shape index (κ2) is 9.07. The van der Waals surface area contributed by atoms with Crippen molar-refractivity contribution in [2.24, 2.45) is 0 Å². The van der Waals surface area contributed by atoms with Crippen molar-refractivity contribution in [3.05, 3.63) is 114 Å². The summed E-state index contributed by atoms with van der Waals surface area (Å²) in [5, 5.41) is 3.12. The molecule has 3 aromatic rings. The van der Waals surface area contributed by atoms with Crippen molar-refractivity contribution in [2.75, 3.05) is 6.54 Å². The second-order valence-corrected chi connectivity index (χ2v) is 8.74. The molecule has 2 N–H and O–H groups in total. The first-order valence-electron chi connectivity index (χ1n) is 9.51. The molecule has 0 radical (unpaired) electrons. The smallest absolute Gasteiger partial charge is 0.252 e. The van der Waals surface area contributed by atoms with Gasteiger partial charge >= 0.3 is 0 Å². The predicted octanol–water partition coefficient (Wildman–Crippen LogP) is 3.84. The molecule has 5 nitrogen and oxygen atoms in total. The Morgan fingerprint density at radius 1 is 0.900 bits per heavy atom. The van der Waals surface area contributed by atoms with E-state index in [1.165, 1.54) is 30.3 Å². The highest BCUT2D eigenvalue weighted by Gasteiger charge is 2.31. The summed E-state index contributed by atoms with van der Waals surface area (Å²) in [6.45, 7) is 5.59. The summed E-state index contributed by atoms with van der Waals surface area (Å²) in [4.78, 5) is 13.1. The fraction of sp³-hybridized carbons (Fsp3) is 0.125. The molecule has 6 heteroatoms. The standard InChI is InChI=1S/C24H24N2O3S/c1-3-18-25-30(28,29)22-16-14-19(15-17-22)23(27)26-24(2,20-10-6-4-7-11-20)21-12-8-5-9-13-21/h3-17,25H,1,18H2,2H3,(H,26,27). The molecule has 0 aliphatic heterocycles. The minimum Gasteiger partial charge on any atom is -0.339 e. The molecule has 3 rings (SSSR count). The van der Waals surface area contributed by atoms with Crippen molar-refractivity contribution in [1.82, 2.24) is 10.0 Å². The van der Waals surface area contributed by atoms with E-state index < -0.39 is 15.6 Å². The van der Waals surface area contributed by atoms with E-state index in [0.717, 1.165) is 11.1 Å². The first kappa shape index (κ1) is 21.5. The van der Waals surface area contributed by atoms with Gasteiger partial charge in [-0.05, 0) is 42.3 Å². The van der Waals surface area contributed by atoms with Crippen molar-refractivity contribution >= 4 is 15.9 Å². The molecule has 3 aromatic carbocycles. The lowest BCUT2D eigenvalue weighted by molar-refractivity contribution is 0.0919. The maximum atomic E-state index is 13.1. The van der Waals surface area contributed by atoms with Gasteiger partial charge in [0.2, 0.25) is 10.0 Å². The molecule has 30 heavy (non-hydrogen) atoms. The summed E-state index contributed by atoms with van der Waals surface area (Å²) in [5.74, 6) is -0.298. The van der Waals surface area contributed by atoms with Crippen LogP contribution in [0.3, 0.4) is 0 Å². The van der Waals surface area contributed by atoms with Crippen LogP contribution < -0.4 is 10.0 Å². The van der Waals surface area contributed by atoms with E-state index >= 15 is 0 Å². The molecule has 0 unspecified atom stereocenters. The summed E-state index contributed by atoms with van der Waals surface area (Å²) >= 11 is 0. The van der Waals surface area contributed by atoms with E-state index in [-0.39, 0.29) is 17.3 Å². The topological polar surface area (TPSA) is 75.3 Å². The van der Waals surface area contributed by atoms with Crippen molar-refractivity contribution in [3.8, 4) is 0 Å². The average molecular weight is 421 g/mol. The Morgan fingerprint density at radius 2 is 1.40 bits per heavy atom. The van der Waals surface area contributed by atoms with Crippen LogP contribution in [0.25, 0.3) is 0 Å². The zero-order valence-corrected chi connectivity index (χ0v) is 17.5. The molecule has 0 saturated carbocycles. The van der Waals surface area contributed by atoms with Crippen LogP contribution in [0.4, 0.5) is 0 Å². The monoisotopic (exact) mass is 420 g/mol. The molecule has 154 valence electrons. The minimum absolute atomic E-state index is 0.0924. The van der Waals surface area contributed by atoms with E-state index in [4.69, 9.17) is 0 Å². The molecule has 0 heterocycles. The SMILES string of the molecule is C=CCNS(=O)(=O)c1ccc(C(=O)NC(C)(c2ccccc2)c2ccccc2)cc1. The Balaban J connectivity index is 1.89. The summed E-state index contributed by atoms with van der Waals surface area (Å²) in [6, 6.07) is 25.3. The summed E-state index contributed by atoms with van der Waals surface area (Å²) in [7, 11) is -3.64. The van der Waals surface area contributed by atoms with Gasteiger partial charge in [-0.15, -0.1) is 6.58 Å². The van der Waals surface area contributed by atoms with Crippen molar-refractivity contribution < 1.29 is 13.2 Å². The van der Waals surface area contributed by atoms with Gasteiger partial charge in [0, 0.05) is 12.1 Å². The van der Waals surface area contributed by atoms with Crippen LogP contribution in [0.2, 0.25) is 0 Å². The summed E-state index contributed by atoms with van der Waals surface area (Å²) < 4.78 is 26.8. The van der Waals surface area contributed by atoms with Crippen LogP contribution in [0.15, 0.2) is 102 Å². The van der Waals surface area contributed by atoms with Gasteiger partial charge in [0.1, 0.15) is 0 Å². The molecular weight excluding hydrogens is 396 g/mol. The zero-order chi connectivity index (χ0) is 21.6. The number of amides is 1. The Bertz CT molecular complexity index is 1070. The normalized spacial score (nSPS) is 11.6. The van der Waals surface area contributed by atoms with Crippen molar-refractivity contribution in [1.29, 1.82) is 0 Å². The van der Waals surface area contributed by atoms with E-state index in [2.05, 4.69) is 16.6 Å². The van der Waals surface area contributed by atoms with Gasteiger partial charge in [-0.25, -0.2) is 13.1 Å². The number of benzene rings is 3. The van der Waals surface area contributed by atoms with Gasteiger partial charge in [-0.1, -0.05) is 66.7 Å². The zero-order valence-electron chi connectivity index (χ0n) is 16.7. The van der Waals surface area contributed by atoms with Crippen LogP contribution in [-0.4, -0.2) is 20.9 Å². The van der Waals surface area contributed by atoms with E-state index in [1.807, 2.05) is 67.6 Å². The fourth-order valence-electron chi connectivity index (χ4n) is 3.19. The molecule has 1 amide bonds. The highest BCUT2D eigenvalue weighted by Crippen LogP contribution is 2.29. The molecule has 0 aromatic heterocycles. The van der Waals surface area contributed by atoms with Gasteiger partial charge < -0.3 is 5.32 Å². The number of hydrogen-bond donors (Lipinski definition) is 2. The molecular formula is C24H24N2O3S. The second-order valence-electron chi connectivity index (χ2n) is 6.98. The van der Waals surface area contributed by atoms with Crippen molar-refractivity contribution in [3.63, 3.8) is 0 Å². The summed E-state index contributed by atoms with van der Waals surface area (Å²) in [5.41, 5.74) is 1.50. The Kier molecular flexibility index (Phi) is 6.50. The predicted molar refractivity (Wildman–Crippen MR) is 119 cm³/mol. The quantitative estimate of drug-likeness (QED) is 0.544. The molecule has 0 atom stereocenters. The Hall–Kier alpha value is -3.22. The number of carbonyl (C=O) groups excluding carboxylic acids is 1. The van der Waals surface area contributed by atoms with Gasteiger partial charge in [0.25, 0.3) is 5.91 Å². The molecule has 0 bridgehead atoms. The summed E-state index contributed by atoms with van der Waals surface area (Å²) in [6.07, 6.45) is 1.47. The van der Waals surface area contributed by atoms with Gasteiger partial charge in [-0.3, -0.25) is 4.79 Å². The van der Waals surface area contributed by atoms with Crippen LogP contribution in [0, 0.1) is 0 Å². The maximum absolute atomic E-state index is 13.1. The molecule has 0 fully saturated rings. The lowest BCUT2D eigenvalue weighted by Gasteiger charge is -2.32. The van der Waals surface area contributed by atoms with E-state index in [9.17, 15) is 13.2 Å². The van der Waals surface area contributed by atoms with E-state index in [0.29, 0.717) is 5.56 Å². The molecule has 0 spiro atoms. The van der Waals surface area contributed by atoms with Crippen LogP contribution in [0.5, 0.6) is 0 Å². The van der Waals surface area contributed by atoms with Gasteiger partial charge in [0.05, 0.1) is 10.4 Å². The molecule has 0 aliphatic carbocycles. The van der Waals surface area contributed by atoms with Crippen LogP contribution in [-0.2, 0) is 15.6 Å². The Labute approximate surface area is 177 Å². The third-order valence-corrected chi connectivity index (χ3v) is 6.35. The van der Waals surface area contributed by atoms with Gasteiger partial charge in [0.15, 0.2) is 0 Å². The average Bonchev–Trinajstić information content (AvgIpc) is 2.79. The lowest BCUT2D eigenvalue weighted by Crippen LogP contribution is -2.44. The third-order valence-electron chi connectivity index (χ3n) is 4.91. The maximum Gasteiger partial charge on any atom is 0.252 e. The van der Waals surface area contributed by atoms with E-state index in [1.54, 1.807) is 0 Å². The largest absolute Gasteiger partial charge is 0.339 e. The van der Waals surface area contributed by atoms with Gasteiger partial charge in [-0.2, -0.15) is 0 Å². The van der Waals surface area contributed by atoms with Crippen LogP contribution >= 0.6 is 0 Å². The Morgan fingerprint density at radius 3 is 1.87 bits per heavy atom. The van der Waals surface area contributed by atoms with Crippen LogP contribution in [0.1, 0.15) is 28.4 Å². The third kappa shape index (κ3) is 4.67. The number of sulfonamides is 1. The fourth-order valence-corrected chi connectivity index (χ4v) is 4.19. The highest BCUT2D eigenvalue weighted by atomic mass is 32.2. The molecule has 0 aliphatic rings.